The van der Waals surface area contributed by atoms with Gasteiger partial charge in [-0.25, -0.2) is 0 Å². The van der Waals surface area contributed by atoms with Crippen LogP contribution in [0.3, 0.4) is 0 Å². The van der Waals surface area contributed by atoms with Crippen LogP contribution in [0, 0.1) is 6.92 Å². The first-order valence-corrected chi connectivity index (χ1v) is 6.07. The number of benzene rings is 1. The Kier molecular flexibility index (Phi) is 3.56. The molecule has 0 saturated heterocycles. The van der Waals surface area contributed by atoms with Crippen LogP contribution in [0.15, 0.2) is 48.8 Å². The standard InChI is InChI=1S/C16H17NO/c1-13-5-3-4-6-15(13)16(2,12-18)11-14-7-9-17-10-8-14/h3-10,12H,11H2,1-2H3. The average Bonchev–Trinajstić information content (AvgIpc) is 2.40. The van der Waals surface area contributed by atoms with Crippen LogP contribution in [0.25, 0.3) is 0 Å². The van der Waals surface area contributed by atoms with Crippen LogP contribution >= 0.6 is 0 Å². The summed E-state index contributed by atoms with van der Waals surface area (Å²) in [6, 6.07) is 12.0. The molecule has 2 aromatic rings. The minimum atomic E-state index is -0.479. The van der Waals surface area contributed by atoms with Crippen LogP contribution in [0.4, 0.5) is 0 Å². The van der Waals surface area contributed by atoms with Crippen molar-refractivity contribution in [3.8, 4) is 0 Å². The van der Waals surface area contributed by atoms with Crippen molar-refractivity contribution in [1.82, 2.24) is 4.98 Å². The fraction of sp³-hybridized carbons (Fsp3) is 0.250. The van der Waals surface area contributed by atoms with Crippen LogP contribution in [0.2, 0.25) is 0 Å². The zero-order valence-corrected chi connectivity index (χ0v) is 10.8. The molecule has 0 amide bonds. The summed E-state index contributed by atoms with van der Waals surface area (Å²) in [5, 5.41) is 0. The molecule has 0 saturated carbocycles. The monoisotopic (exact) mass is 239 g/mol. The van der Waals surface area contributed by atoms with Crippen molar-refractivity contribution in [1.29, 1.82) is 0 Å². The highest BCUT2D eigenvalue weighted by molar-refractivity contribution is 5.69. The van der Waals surface area contributed by atoms with E-state index in [2.05, 4.69) is 4.98 Å². The Morgan fingerprint density at radius 3 is 2.44 bits per heavy atom. The first-order chi connectivity index (χ1) is 8.65. The lowest BCUT2D eigenvalue weighted by Gasteiger charge is -2.25. The molecule has 0 aliphatic carbocycles. The van der Waals surface area contributed by atoms with Gasteiger partial charge in [-0.3, -0.25) is 4.98 Å². The van der Waals surface area contributed by atoms with Gasteiger partial charge in [-0.2, -0.15) is 0 Å². The van der Waals surface area contributed by atoms with E-state index >= 15 is 0 Å². The fourth-order valence-corrected chi connectivity index (χ4v) is 2.34. The van der Waals surface area contributed by atoms with Gasteiger partial charge in [0.15, 0.2) is 0 Å². The molecule has 0 bridgehead atoms. The van der Waals surface area contributed by atoms with E-state index in [1.54, 1.807) is 12.4 Å². The van der Waals surface area contributed by atoms with Crippen LogP contribution in [-0.2, 0) is 16.6 Å². The molecule has 2 nitrogen and oxygen atoms in total. The van der Waals surface area contributed by atoms with Gasteiger partial charge >= 0.3 is 0 Å². The third-order valence-corrected chi connectivity index (χ3v) is 3.34. The predicted molar refractivity (Wildman–Crippen MR) is 72.5 cm³/mol. The summed E-state index contributed by atoms with van der Waals surface area (Å²) in [6.07, 6.45) is 5.27. The van der Waals surface area contributed by atoms with E-state index in [1.807, 2.05) is 50.2 Å². The van der Waals surface area contributed by atoms with Gasteiger partial charge in [0, 0.05) is 12.4 Å². The first-order valence-electron chi connectivity index (χ1n) is 6.07. The van der Waals surface area contributed by atoms with Crippen LogP contribution in [0.1, 0.15) is 23.6 Å². The maximum absolute atomic E-state index is 11.6. The molecule has 2 heteroatoms. The van der Waals surface area contributed by atoms with Crippen molar-refractivity contribution >= 4 is 6.29 Å². The number of rotatable bonds is 4. The van der Waals surface area contributed by atoms with E-state index in [1.165, 1.54) is 0 Å². The molecule has 92 valence electrons. The highest BCUT2D eigenvalue weighted by Gasteiger charge is 2.27. The largest absolute Gasteiger partial charge is 0.302 e. The lowest BCUT2D eigenvalue weighted by molar-refractivity contribution is -0.112. The Morgan fingerprint density at radius 1 is 1.17 bits per heavy atom. The molecule has 0 spiro atoms. The van der Waals surface area contributed by atoms with E-state index in [4.69, 9.17) is 0 Å². The zero-order chi connectivity index (χ0) is 13.0. The molecule has 0 fully saturated rings. The van der Waals surface area contributed by atoms with Gasteiger partial charge in [0.25, 0.3) is 0 Å². The van der Waals surface area contributed by atoms with Crippen molar-refractivity contribution in [2.24, 2.45) is 0 Å². The molecule has 0 N–H and O–H groups in total. The third-order valence-electron chi connectivity index (χ3n) is 3.34. The Morgan fingerprint density at radius 2 is 1.83 bits per heavy atom. The average molecular weight is 239 g/mol. The molecule has 0 aliphatic heterocycles. The summed E-state index contributed by atoms with van der Waals surface area (Å²) in [5.74, 6) is 0. The van der Waals surface area contributed by atoms with E-state index in [0.29, 0.717) is 6.42 Å². The number of hydrogen-bond acceptors (Lipinski definition) is 2. The summed E-state index contributed by atoms with van der Waals surface area (Å²) in [6.45, 7) is 4.03. The predicted octanol–water partition coefficient (Wildman–Crippen LogP) is 3.09. The maximum Gasteiger partial charge on any atom is 0.130 e. The van der Waals surface area contributed by atoms with Crippen molar-refractivity contribution in [2.75, 3.05) is 0 Å². The molecule has 0 aliphatic rings. The van der Waals surface area contributed by atoms with Gasteiger partial charge in [-0.15, -0.1) is 0 Å². The maximum atomic E-state index is 11.6. The second-order valence-electron chi connectivity index (χ2n) is 4.88. The fourth-order valence-electron chi connectivity index (χ4n) is 2.34. The number of aromatic nitrogens is 1. The number of carbonyl (C=O) groups is 1. The molecular formula is C16H17NO. The van der Waals surface area contributed by atoms with Gasteiger partial charge < -0.3 is 4.79 Å². The van der Waals surface area contributed by atoms with Crippen molar-refractivity contribution < 1.29 is 4.79 Å². The van der Waals surface area contributed by atoms with Gasteiger partial charge in [-0.1, -0.05) is 24.3 Å². The topological polar surface area (TPSA) is 30.0 Å². The molecule has 18 heavy (non-hydrogen) atoms. The molecule has 0 radical (unpaired) electrons. The molecule has 1 aromatic carbocycles. The van der Waals surface area contributed by atoms with Crippen LogP contribution in [0.5, 0.6) is 0 Å². The highest BCUT2D eigenvalue weighted by atomic mass is 16.1. The lowest BCUT2D eigenvalue weighted by atomic mass is 9.77. The lowest BCUT2D eigenvalue weighted by Crippen LogP contribution is -2.27. The third kappa shape index (κ3) is 2.48. The second-order valence-corrected chi connectivity index (χ2v) is 4.88. The summed E-state index contributed by atoms with van der Waals surface area (Å²) in [7, 11) is 0. The molecule has 1 aromatic heterocycles. The van der Waals surface area contributed by atoms with E-state index in [-0.39, 0.29) is 0 Å². The molecular weight excluding hydrogens is 222 g/mol. The molecule has 2 rings (SSSR count). The first kappa shape index (κ1) is 12.5. The van der Waals surface area contributed by atoms with Gasteiger partial charge in [-0.05, 0) is 49.1 Å². The Balaban J connectivity index is 2.37. The summed E-state index contributed by atoms with van der Waals surface area (Å²) >= 11 is 0. The smallest absolute Gasteiger partial charge is 0.130 e. The number of hydrogen-bond donors (Lipinski definition) is 0. The minimum Gasteiger partial charge on any atom is -0.302 e. The normalized spacial score (nSPS) is 13.9. The summed E-state index contributed by atoms with van der Waals surface area (Å²) < 4.78 is 0. The Bertz CT molecular complexity index is 536. The number of aldehydes is 1. The number of aryl methyl sites for hydroxylation is 1. The summed E-state index contributed by atoms with van der Waals surface area (Å²) in [4.78, 5) is 15.6. The number of carbonyl (C=O) groups excluding carboxylic acids is 1. The van der Waals surface area contributed by atoms with E-state index < -0.39 is 5.41 Å². The second kappa shape index (κ2) is 5.13. The van der Waals surface area contributed by atoms with Gasteiger partial charge in [0.05, 0.1) is 5.41 Å². The Labute approximate surface area is 108 Å². The minimum absolute atomic E-state index is 0.479. The van der Waals surface area contributed by atoms with E-state index in [9.17, 15) is 4.79 Å². The van der Waals surface area contributed by atoms with Crippen LogP contribution in [-0.4, -0.2) is 11.3 Å². The van der Waals surface area contributed by atoms with Crippen molar-refractivity contribution in [2.45, 2.75) is 25.7 Å². The van der Waals surface area contributed by atoms with Crippen molar-refractivity contribution in [3.63, 3.8) is 0 Å². The molecule has 1 atom stereocenters. The molecule has 1 heterocycles. The zero-order valence-electron chi connectivity index (χ0n) is 10.8. The van der Waals surface area contributed by atoms with Gasteiger partial charge in [0.2, 0.25) is 0 Å². The SMILES string of the molecule is Cc1ccccc1C(C)(C=O)Cc1ccncc1. The van der Waals surface area contributed by atoms with Gasteiger partial charge in [0.1, 0.15) is 6.29 Å². The quantitative estimate of drug-likeness (QED) is 0.767. The Hall–Kier alpha value is -1.96. The number of nitrogens with zero attached hydrogens (tertiary/aromatic N) is 1. The van der Waals surface area contributed by atoms with Crippen LogP contribution < -0.4 is 0 Å². The van der Waals surface area contributed by atoms with E-state index in [0.717, 1.165) is 23.0 Å². The highest BCUT2D eigenvalue weighted by Crippen LogP contribution is 2.28. The molecule has 1 unspecified atom stereocenters. The van der Waals surface area contributed by atoms with Crippen molar-refractivity contribution in [3.05, 3.63) is 65.5 Å². The summed E-state index contributed by atoms with van der Waals surface area (Å²) in [5.41, 5.74) is 2.90. The number of pyridine rings is 1.